The van der Waals surface area contributed by atoms with Crippen molar-refractivity contribution in [1.29, 1.82) is 0 Å². The number of hydrogen-bond acceptors (Lipinski definition) is 5. The predicted octanol–water partition coefficient (Wildman–Crippen LogP) is 5.06. The van der Waals surface area contributed by atoms with Crippen LogP contribution >= 0.6 is 22.7 Å². The molecule has 0 N–H and O–H groups in total. The van der Waals surface area contributed by atoms with Gasteiger partial charge in [-0.2, -0.15) is 4.31 Å². The molecule has 0 spiro atoms. The second kappa shape index (κ2) is 7.52. The largest absolute Gasteiger partial charge is 0.255 e. The molecule has 0 aliphatic carbocycles. The molecule has 0 aliphatic heterocycles. The second-order valence-electron chi connectivity index (χ2n) is 6.27. The van der Waals surface area contributed by atoms with Crippen LogP contribution in [0, 0.1) is 6.92 Å². The lowest BCUT2D eigenvalue weighted by atomic mass is 10.2. The minimum absolute atomic E-state index is 0.258. The minimum Gasteiger partial charge on any atom is -0.255 e. The van der Waals surface area contributed by atoms with Gasteiger partial charge in [0.1, 0.15) is 4.90 Å². The summed E-state index contributed by atoms with van der Waals surface area (Å²) in [6.07, 6.45) is 1.71. The molecule has 27 heavy (non-hydrogen) atoms. The first-order valence-corrected chi connectivity index (χ1v) is 11.6. The van der Waals surface area contributed by atoms with Crippen LogP contribution in [-0.2, 0) is 23.1 Å². The third-order valence-electron chi connectivity index (χ3n) is 4.25. The Hall–Kier alpha value is -2.06. The Kier molecular flexibility index (Phi) is 5.10. The molecule has 3 heterocycles. The first-order chi connectivity index (χ1) is 13.0. The lowest BCUT2D eigenvalue weighted by molar-refractivity contribution is 0.407. The van der Waals surface area contributed by atoms with Gasteiger partial charge in [0.05, 0.1) is 5.52 Å². The molecule has 0 saturated heterocycles. The summed E-state index contributed by atoms with van der Waals surface area (Å²) in [6.45, 7) is 2.65. The van der Waals surface area contributed by atoms with Crippen LogP contribution in [0.5, 0.6) is 0 Å². The molecule has 7 heteroatoms. The number of aryl methyl sites for hydroxylation is 1. The van der Waals surface area contributed by atoms with Crippen molar-refractivity contribution in [2.45, 2.75) is 24.9 Å². The van der Waals surface area contributed by atoms with Crippen LogP contribution < -0.4 is 0 Å². The molecule has 0 aliphatic rings. The molecule has 4 nitrogen and oxygen atoms in total. The van der Waals surface area contributed by atoms with Gasteiger partial charge in [0.15, 0.2) is 0 Å². The van der Waals surface area contributed by atoms with E-state index in [0.29, 0.717) is 18.6 Å². The summed E-state index contributed by atoms with van der Waals surface area (Å²) in [4.78, 5) is 6.71. The predicted molar refractivity (Wildman–Crippen MR) is 112 cm³/mol. The van der Waals surface area contributed by atoms with E-state index in [1.807, 2.05) is 54.1 Å². The number of hydrogen-bond donors (Lipinski definition) is 0. The van der Waals surface area contributed by atoms with Crippen molar-refractivity contribution in [3.05, 3.63) is 80.8 Å². The topological polar surface area (TPSA) is 50.3 Å². The van der Waals surface area contributed by atoms with Gasteiger partial charge < -0.3 is 0 Å². The molecule has 3 aromatic heterocycles. The SMILES string of the molecule is Cc1cnc2c(S(=O)(=O)N(Cc3cccs3)Cc3cccs3)cccc2c1. The van der Waals surface area contributed by atoms with E-state index >= 15 is 0 Å². The van der Waals surface area contributed by atoms with E-state index in [9.17, 15) is 8.42 Å². The van der Waals surface area contributed by atoms with Gasteiger partial charge in [-0.1, -0.05) is 24.3 Å². The number of rotatable bonds is 6. The fraction of sp³-hybridized carbons (Fsp3) is 0.150. The Labute approximate surface area is 166 Å². The summed E-state index contributed by atoms with van der Waals surface area (Å²) in [6, 6.07) is 15.1. The molecule has 1 aromatic carbocycles. The molecule has 0 saturated carbocycles. The quantitative estimate of drug-likeness (QED) is 0.443. The molecule has 0 fully saturated rings. The average molecular weight is 415 g/mol. The zero-order chi connectivity index (χ0) is 18.9. The zero-order valence-electron chi connectivity index (χ0n) is 14.7. The first kappa shape index (κ1) is 18.3. The van der Waals surface area contributed by atoms with Crippen molar-refractivity contribution in [3.63, 3.8) is 0 Å². The molecule has 0 radical (unpaired) electrons. The van der Waals surface area contributed by atoms with Crippen LogP contribution in [0.15, 0.2) is 70.4 Å². The first-order valence-electron chi connectivity index (χ1n) is 8.44. The van der Waals surface area contributed by atoms with E-state index in [2.05, 4.69) is 4.98 Å². The van der Waals surface area contributed by atoms with Crippen LogP contribution in [0.3, 0.4) is 0 Å². The summed E-state index contributed by atoms with van der Waals surface area (Å²) in [7, 11) is -3.71. The van der Waals surface area contributed by atoms with Gasteiger partial charge in [0.25, 0.3) is 0 Å². The maximum Gasteiger partial charge on any atom is 0.245 e. The molecule has 138 valence electrons. The van der Waals surface area contributed by atoms with Crippen LogP contribution in [0.25, 0.3) is 10.9 Å². The molecule has 0 bridgehead atoms. The Bertz CT molecular complexity index is 1120. The number of nitrogens with zero attached hydrogens (tertiary/aromatic N) is 2. The number of fused-ring (bicyclic) bond motifs is 1. The Balaban J connectivity index is 1.80. The molecule has 0 atom stereocenters. The molecular weight excluding hydrogens is 396 g/mol. The van der Waals surface area contributed by atoms with Gasteiger partial charge >= 0.3 is 0 Å². The summed E-state index contributed by atoms with van der Waals surface area (Å²) in [5, 5.41) is 4.77. The fourth-order valence-corrected chi connectivity index (χ4v) is 6.13. The maximum atomic E-state index is 13.6. The minimum atomic E-state index is -3.71. The van der Waals surface area contributed by atoms with E-state index in [4.69, 9.17) is 0 Å². The normalized spacial score (nSPS) is 12.1. The van der Waals surface area contributed by atoms with E-state index < -0.39 is 10.0 Å². The number of thiophene rings is 2. The smallest absolute Gasteiger partial charge is 0.245 e. The van der Waals surface area contributed by atoms with Crippen LogP contribution in [0.4, 0.5) is 0 Å². The Morgan fingerprint density at radius 3 is 2.22 bits per heavy atom. The number of sulfonamides is 1. The second-order valence-corrected chi connectivity index (χ2v) is 10.2. The highest BCUT2D eigenvalue weighted by molar-refractivity contribution is 7.89. The van der Waals surface area contributed by atoms with Crippen molar-refractivity contribution in [2.24, 2.45) is 0 Å². The molecular formula is C20H18N2O2S3. The Morgan fingerprint density at radius 2 is 1.63 bits per heavy atom. The number of benzene rings is 1. The summed E-state index contributed by atoms with van der Waals surface area (Å²) >= 11 is 3.12. The average Bonchev–Trinajstić information content (AvgIpc) is 3.34. The standard InChI is InChI=1S/C20H18N2O2S3/c1-15-11-16-5-2-8-19(20(16)21-12-15)27(23,24)22(13-17-6-3-9-25-17)14-18-7-4-10-26-18/h2-12H,13-14H2,1H3. The van der Waals surface area contributed by atoms with Crippen molar-refractivity contribution in [1.82, 2.24) is 9.29 Å². The van der Waals surface area contributed by atoms with E-state index in [-0.39, 0.29) is 4.90 Å². The number of pyridine rings is 1. The highest BCUT2D eigenvalue weighted by Crippen LogP contribution is 2.28. The van der Waals surface area contributed by atoms with E-state index in [1.165, 1.54) is 0 Å². The molecule has 0 unspecified atom stereocenters. The van der Waals surface area contributed by atoms with Gasteiger partial charge in [0.2, 0.25) is 10.0 Å². The lowest BCUT2D eigenvalue weighted by Crippen LogP contribution is -2.30. The van der Waals surface area contributed by atoms with Crippen LogP contribution in [-0.4, -0.2) is 17.7 Å². The summed E-state index contributed by atoms with van der Waals surface area (Å²) in [5.41, 5.74) is 1.52. The van der Waals surface area contributed by atoms with Crippen molar-refractivity contribution >= 4 is 43.6 Å². The van der Waals surface area contributed by atoms with Crippen molar-refractivity contribution < 1.29 is 8.42 Å². The maximum absolute atomic E-state index is 13.6. The van der Waals surface area contributed by atoms with Gasteiger partial charge in [0, 0.05) is 34.4 Å². The fourth-order valence-electron chi connectivity index (χ4n) is 2.97. The third kappa shape index (κ3) is 3.82. The van der Waals surface area contributed by atoms with Crippen molar-refractivity contribution in [2.75, 3.05) is 0 Å². The molecule has 4 rings (SSSR count). The third-order valence-corrected chi connectivity index (χ3v) is 7.80. The van der Waals surface area contributed by atoms with Gasteiger partial charge in [-0.3, -0.25) is 4.98 Å². The van der Waals surface area contributed by atoms with E-state index in [0.717, 1.165) is 20.7 Å². The molecule has 4 aromatic rings. The van der Waals surface area contributed by atoms with Crippen LogP contribution in [0.2, 0.25) is 0 Å². The summed E-state index contributed by atoms with van der Waals surface area (Å²) in [5.74, 6) is 0. The lowest BCUT2D eigenvalue weighted by Gasteiger charge is -2.22. The van der Waals surface area contributed by atoms with Gasteiger partial charge in [-0.15, -0.1) is 22.7 Å². The van der Waals surface area contributed by atoms with Gasteiger partial charge in [-0.05, 0) is 47.5 Å². The monoisotopic (exact) mass is 414 g/mol. The van der Waals surface area contributed by atoms with Crippen molar-refractivity contribution in [3.8, 4) is 0 Å². The highest BCUT2D eigenvalue weighted by atomic mass is 32.2. The summed E-state index contributed by atoms with van der Waals surface area (Å²) < 4.78 is 28.7. The van der Waals surface area contributed by atoms with Crippen LogP contribution in [0.1, 0.15) is 15.3 Å². The van der Waals surface area contributed by atoms with E-state index in [1.54, 1.807) is 45.3 Å². The zero-order valence-corrected chi connectivity index (χ0v) is 17.2. The van der Waals surface area contributed by atoms with Gasteiger partial charge in [-0.25, -0.2) is 8.42 Å². The Morgan fingerprint density at radius 1 is 0.963 bits per heavy atom. The number of aromatic nitrogens is 1. The number of para-hydroxylation sites is 1. The highest BCUT2D eigenvalue weighted by Gasteiger charge is 2.28. The molecule has 0 amide bonds.